The Kier molecular flexibility index (Phi) is 3.66. The summed E-state index contributed by atoms with van der Waals surface area (Å²) in [5, 5.41) is 8.24. The van der Waals surface area contributed by atoms with Crippen LogP contribution in [0, 0.1) is 11.3 Å². The lowest BCUT2D eigenvalue weighted by Crippen LogP contribution is -2.39. The predicted octanol–water partition coefficient (Wildman–Crippen LogP) is -0.392. The molecule has 74 valence electrons. The van der Waals surface area contributed by atoms with Crippen LogP contribution in [0.4, 0.5) is 0 Å². The van der Waals surface area contributed by atoms with Gasteiger partial charge in [-0.25, -0.2) is 13.1 Å². The molecule has 0 bridgehead atoms. The zero-order valence-corrected chi connectivity index (χ0v) is 8.01. The third-order valence-corrected chi connectivity index (χ3v) is 3.02. The summed E-state index contributed by atoms with van der Waals surface area (Å²) in [5.74, 6) is -0.468. The van der Waals surface area contributed by atoms with Gasteiger partial charge in [-0.3, -0.25) is 0 Å². The minimum absolute atomic E-state index is 0.0629. The van der Waals surface area contributed by atoms with Gasteiger partial charge in [0, 0.05) is 19.3 Å². The van der Waals surface area contributed by atoms with Crippen molar-refractivity contribution < 1.29 is 13.2 Å². The summed E-state index contributed by atoms with van der Waals surface area (Å²) in [4.78, 5) is 0. The third kappa shape index (κ3) is 3.72. The molecule has 0 saturated carbocycles. The van der Waals surface area contributed by atoms with Crippen molar-refractivity contribution in [2.45, 2.75) is 18.9 Å². The van der Waals surface area contributed by atoms with Crippen molar-refractivity contribution in [1.82, 2.24) is 4.72 Å². The zero-order chi connectivity index (χ0) is 9.73. The van der Waals surface area contributed by atoms with E-state index in [0.717, 1.165) is 0 Å². The summed E-state index contributed by atoms with van der Waals surface area (Å²) in [5.41, 5.74) is 0. The van der Waals surface area contributed by atoms with E-state index in [4.69, 9.17) is 10.00 Å². The summed E-state index contributed by atoms with van der Waals surface area (Å²) in [7, 11) is -3.40. The normalized spacial score (nSPS) is 19.6. The Morgan fingerprint density at radius 2 is 2.08 bits per heavy atom. The van der Waals surface area contributed by atoms with Gasteiger partial charge in [-0.15, -0.1) is 0 Å². The minimum Gasteiger partial charge on any atom is -0.381 e. The van der Waals surface area contributed by atoms with Crippen LogP contribution in [-0.2, 0) is 14.8 Å². The molecular weight excluding hydrogens is 192 g/mol. The molecule has 1 aliphatic heterocycles. The van der Waals surface area contributed by atoms with Crippen LogP contribution in [0.2, 0.25) is 0 Å². The third-order valence-electron chi connectivity index (χ3n) is 1.82. The van der Waals surface area contributed by atoms with Crippen molar-refractivity contribution in [3.63, 3.8) is 0 Å². The van der Waals surface area contributed by atoms with Crippen LogP contribution in [0.15, 0.2) is 0 Å². The highest BCUT2D eigenvalue weighted by Gasteiger charge is 2.19. The summed E-state index contributed by atoms with van der Waals surface area (Å²) < 4.78 is 29.8. The second kappa shape index (κ2) is 4.56. The average molecular weight is 204 g/mol. The topological polar surface area (TPSA) is 79.2 Å². The van der Waals surface area contributed by atoms with Gasteiger partial charge < -0.3 is 4.74 Å². The van der Waals surface area contributed by atoms with E-state index < -0.39 is 15.8 Å². The molecule has 1 fully saturated rings. The highest BCUT2D eigenvalue weighted by molar-refractivity contribution is 7.89. The molecular formula is C7H12N2O3S. The monoisotopic (exact) mass is 204 g/mol. The molecule has 13 heavy (non-hydrogen) atoms. The molecule has 0 aromatic rings. The standard InChI is InChI=1S/C7H12N2O3S/c8-3-6-13(10,11)9-7-1-4-12-5-2-7/h7,9H,1-2,4-6H2. The molecule has 5 nitrogen and oxygen atoms in total. The van der Waals surface area contributed by atoms with Crippen LogP contribution < -0.4 is 4.72 Å². The first-order chi connectivity index (χ1) is 6.14. The molecule has 1 aliphatic rings. The maximum absolute atomic E-state index is 11.1. The number of rotatable bonds is 3. The van der Waals surface area contributed by atoms with Crippen molar-refractivity contribution >= 4 is 10.0 Å². The molecule has 0 unspecified atom stereocenters. The molecule has 0 spiro atoms. The lowest BCUT2D eigenvalue weighted by Gasteiger charge is -2.22. The van der Waals surface area contributed by atoms with Crippen LogP contribution in [0.5, 0.6) is 0 Å². The summed E-state index contributed by atoms with van der Waals surface area (Å²) in [6.07, 6.45) is 1.37. The van der Waals surface area contributed by atoms with Crippen molar-refractivity contribution in [2.75, 3.05) is 19.0 Å². The van der Waals surface area contributed by atoms with Gasteiger partial charge in [-0.1, -0.05) is 0 Å². The van der Waals surface area contributed by atoms with Crippen LogP contribution in [0.1, 0.15) is 12.8 Å². The quantitative estimate of drug-likeness (QED) is 0.679. The van der Waals surface area contributed by atoms with Gasteiger partial charge >= 0.3 is 0 Å². The fourth-order valence-electron chi connectivity index (χ4n) is 1.20. The van der Waals surface area contributed by atoms with Crippen molar-refractivity contribution in [2.24, 2.45) is 0 Å². The lowest BCUT2D eigenvalue weighted by molar-refractivity contribution is 0.0832. The fourth-order valence-corrected chi connectivity index (χ4v) is 2.19. The molecule has 0 aromatic heterocycles. The maximum Gasteiger partial charge on any atom is 0.225 e. The van der Waals surface area contributed by atoms with Gasteiger partial charge in [0.25, 0.3) is 0 Å². The Bertz CT molecular complexity index is 287. The molecule has 1 heterocycles. The first kappa shape index (κ1) is 10.4. The maximum atomic E-state index is 11.1. The number of ether oxygens (including phenoxy) is 1. The molecule has 6 heteroatoms. The molecule has 0 radical (unpaired) electrons. The van der Waals surface area contributed by atoms with Gasteiger partial charge in [-0.2, -0.15) is 5.26 Å². The summed E-state index contributed by atoms with van der Waals surface area (Å²) in [6, 6.07) is 1.55. The Morgan fingerprint density at radius 3 is 2.62 bits per heavy atom. The second-order valence-corrected chi connectivity index (χ2v) is 4.68. The molecule has 0 aromatic carbocycles. The second-order valence-electron chi connectivity index (χ2n) is 2.92. The van der Waals surface area contributed by atoms with E-state index in [1.54, 1.807) is 6.07 Å². The van der Waals surface area contributed by atoms with E-state index in [0.29, 0.717) is 26.1 Å². The van der Waals surface area contributed by atoms with Gasteiger partial charge in [0.05, 0.1) is 6.07 Å². The number of nitrogens with zero attached hydrogens (tertiary/aromatic N) is 1. The molecule has 1 N–H and O–H groups in total. The van der Waals surface area contributed by atoms with Crippen LogP contribution in [-0.4, -0.2) is 33.4 Å². The van der Waals surface area contributed by atoms with E-state index in [1.807, 2.05) is 0 Å². The predicted molar refractivity (Wildman–Crippen MR) is 46.4 cm³/mol. The molecule has 0 aliphatic carbocycles. The molecule has 0 atom stereocenters. The Labute approximate surface area is 77.7 Å². The van der Waals surface area contributed by atoms with E-state index >= 15 is 0 Å². The van der Waals surface area contributed by atoms with Gasteiger partial charge in [0.15, 0.2) is 5.75 Å². The van der Waals surface area contributed by atoms with Crippen molar-refractivity contribution in [1.29, 1.82) is 5.26 Å². The lowest BCUT2D eigenvalue weighted by atomic mass is 10.1. The van der Waals surface area contributed by atoms with Crippen molar-refractivity contribution in [3.8, 4) is 6.07 Å². The number of hydrogen-bond acceptors (Lipinski definition) is 4. The Hall–Kier alpha value is -0.640. The SMILES string of the molecule is N#CCS(=O)(=O)NC1CCOCC1. The van der Waals surface area contributed by atoms with Crippen LogP contribution in [0.3, 0.4) is 0 Å². The highest BCUT2D eigenvalue weighted by Crippen LogP contribution is 2.07. The Balaban J connectivity index is 2.43. The smallest absolute Gasteiger partial charge is 0.225 e. The summed E-state index contributed by atoms with van der Waals surface area (Å²) >= 11 is 0. The van der Waals surface area contributed by atoms with E-state index in [2.05, 4.69) is 4.72 Å². The minimum atomic E-state index is -3.40. The molecule has 0 amide bonds. The van der Waals surface area contributed by atoms with E-state index in [-0.39, 0.29) is 6.04 Å². The van der Waals surface area contributed by atoms with E-state index in [9.17, 15) is 8.42 Å². The first-order valence-electron chi connectivity index (χ1n) is 4.09. The number of sulfonamides is 1. The zero-order valence-electron chi connectivity index (χ0n) is 7.19. The average Bonchev–Trinajstić information content (AvgIpc) is 2.04. The van der Waals surface area contributed by atoms with Gasteiger partial charge in [0.2, 0.25) is 10.0 Å². The first-order valence-corrected chi connectivity index (χ1v) is 5.74. The van der Waals surface area contributed by atoms with Crippen molar-refractivity contribution in [3.05, 3.63) is 0 Å². The van der Waals surface area contributed by atoms with Gasteiger partial charge in [-0.05, 0) is 12.8 Å². The number of nitriles is 1. The molecule has 1 rings (SSSR count). The highest BCUT2D eigenvalue weighted by atomic mass is 32.2. The largest absolute Gasteiger partial charge is 0.381 e. The van der Waals surface area contributed by atoms with Crippen LogP contribution in [0.25, 0.3) is 0 Å². The number of hydrogen-bond donors (Lipinski definition) is 1. The number of nitrogens with one attached hydrogen (secondary N) is 1. The summed E-state index contributed by atoms with van der Waals surface area (Å²) in [6.45, 7) is 1.17. The van der Waals surface area contributed by atoms with E-state index in [1.165, 1.54) is 0 Å². The van der Waals surface area contributed by atoms with Crippen LogP contribution >= 0.6 is 0 Å². The Morgan fingerprint density at radius 1 is 1.46 bits per heavy atom. The molecule has 1 saturated heterocycles. The van der Waals surface area contributed by atoms with Gasteiger partial charge in [0.1, 0.15) is 0 Å². The fraction of sp³-hybridized carbons (Fsp3) is 0.857.